The number of nitrogens with zero attached hydrogens (tertiary/aromatic N) is 1. The zero-order chi connectivity index (χ0) is 24.3. The molecule has 11 heteroatoms. The number of rotatable bonds is 6. The molecule has 34 heavy (non-hydrogen) atoms. The van der Waals surface area contributed by atoms with E-state index in [9.17, 15) is 24.6 Å². The second-order valence-electron chi connectivity index (χ2n) is 7.46. The molecule has 3 rings (SSSR count). The van der Waals surface area contributed by atoms with E-state index >= 15 is 0 Å². The van der Waals surface area contributed by atoms with E-state index < -0.39 is 30.0 Å². The Morgan fingerprint density at radius 1 is 1.09 bits per heavy atom. The summed E-state index contributed by atoms with van der Waals surface area (Å²) in [5.41, 5.74) is 1.52. The van der Waals surface area contributed by atoms with Gasteiger partial charge < -0.3 is 25.4 Å². The third-order valence-electron chi connectivity index (χ3n) is 5.00. The Kier molecular flexibility index (Phi) is 9.61. The van der Waals surface area contributed by atoms with Gasteiger partial charge in [-0.3, -0.25) is 9.59 Å². The quantitative estimate of drug-likeness (QED) is 0.370. The molecule has 8 nitrogen and oxygen atoms in total. The third kappa shape index (κ3) is 6.55. The summed E-state index contributed by atoms with van der Waals surface area (Å²) in [7, 11) is 1.49. The second kappa shape index (κ2) is 11.8. The first-order valence-corrected chi connectivity index (χ1v) is 10.6. The van der Waals surface area contributed by atoms with Crippen molar-refractivity contribution in [3.05, 3.63) is 80.2 Å². The summed E-state index contributed by atoms with van der Waals surface area (Å²) in [6, 6.07) is 10.3. The van der Waals surface area contributed by atoms with Crippen LogP contribution in [0.3, 0.4) is 0 Å². The molecule has 174 valence electrons. The van der Waals surface area contributed by atoms with E-state index in [1.54, 1.807) is 43.3 Å². The minimum absolute atomic E-state index is 0. The van der Waals surface area contributed by atoms with Crippen molar-refractivity contribution in [1.82, 2.24) is 9.88 Å². The summed E-state index contributed by atoms with van der Waals surface area (Å²) in [6.07, 6.45) is 1.03. The Balaban J connectivity index is 0.00000408. The van der Waals surface area contributed by atoms with Crippen molar-refractivity contribution in [3.8, 4) is 16.9 Å². The summed E-state index contributed by atoms with van der Waals surface area (Å²) in [5, 5.41) is 25.2. The molecule has 2 amide bonds. The van der Waals surface area contributed by atoms with Gasteiger partial charge in [0.25, 0.3) is 5.56 Å². The molecule has 2 aromatic carbocycles. The van der Waals surface area contributed by atoms with E-state index in [2.05, 4.69) is 10.6 Å². The number of carbonyl (C=O) groups is 2. The molecule has 0 fully saturated rings. The van der Waals surface area contributed by atoms with Gasteiger partial charge in [0, 0.05) is 18.8 Å². The summed E-state index contributed by atoms with van der Waals surface area (Å²) in [5.74, 6) is -1.49. The van der Waals surface area contributed by atoms with Crippen molar-refractivity contribution < 1.29 is 19.8 Å². The molecule has 0 saturated heterocycles. The number of pyridine rings is 1. The van der Waals surface area contributed by atoms with Crippen LogP contribution >= 0.6 is 23.2 Å². The zero-order valence-corrected chi connectivity index (χ0v) is 19.2. The van der Waals surface area contributed by atoms with E-state index in [4.69, 9.17) is 23.2 Å². The van der Waals surface area contributed by atoms with Crippen LogP contribution in [0.4, 0.5) is 10.5 Å². The maximum absolute atomic E-state index is 12.6. The topological polar surface area (TPSA) is 121 Å². The fourth-order valence-corrected chi connectivity index (χ4v) is 3.64. The monoisotopic (exact) mass is 513 g/mol. The van der Waals surface area contributed by atoms with Crippen molar-refractivity contribution >= 4 is 70.4 Å². The van der Waals surface area contributed by atoms with Crippen LogP contribution in [-0.4, -0.2) is 56.3 Å². The fraction of sp³-hybridized carbons (Fsp3) is 0.174. The van der Waals surface area contributed by atoms with Crippen LogP contribution in [0.15, 0.2) is 53.5 Å². The van der Waals surface area contributed by atoms with Gasteiger partial charge in [-0.2, -0.15) is 0 Å². The number of halogens is 2. The number of aromatic hydroxyl groups is 1. The Morgan fingerprint density at radius 3 is 2.41 bits per heavy atom. The molecule has 1 heterocycles. The van der Waals surface area contributed by atoms with Crippen LogP contribution in [0.2, 0.25) is 10.0 Å². The number of carboxylic acid groups (broad SMARTS) is 1. The van der Waals surface area contributed by atoms with Gasteiger partial charge in [-0.1, -0.05) is 47.5 Å². The fourth-order valence-electron chi connectivity index (χ4n) is 3.34. The number of aliphatic carboxylic acids is 1. The number of carbonyl (C=O) groups excluding carboxylic acids is 1. The number of amides is 2. The molecule has 3 aromatic rings. The van der Waals surface area contributed by atoms with Crippen molar-refractivity contribution in [2.45, 2.75) is 19.4 Å². The van der Waals surface area contributed by atoms with Gasteiger partial charge in [0.2, 0.25) is 0 Å². The standard InChI is InChI=1S/C23H21Cl2N3O5.Na.H/c1-12-11-28(2)22(32)20(21(12)31)27-23(33)26-18(10-19(29)30)15-5-3-4-13(8-15)14-6-7-16(24)17(25)9-14;;/h3-9,11,18,31H,10H2,1-2H3,(H,29,30)(H2,26,27,33);;. The van der Waals surface area contributed by atoms with E-state index in [1.807, 2.05) is 6.07 Å². The molecule has 1 atom stereocenters. The van der Waals surface area contributed by atoms with Gasteiger partial charge >= 0.3 is 41.6 Å². The number of benzene rings is 2. The van der Waals surface area contributed by atoms with Crippen LogP contribution in [0.25, 0.3) is 11.1 Å². The average molecular weight is 514 g/mol. The number of hydrogen-bond acceptors (Lipinski definition) is 4. The van der Waals surface area contributed by atoms with Gasteiger partial charge in [-0.05, 0) is 41.8 Å². The van der Waals surface area contributed by atoms with Crippen LogP contribution in [0.1, 0.15) is 23.6 Å². The first kappa shape index (κ1) is 27.8. The predicted octanol–water partition coefficient (Wildman–Crippen LogP) is 4.06. The number of aromatic nitrogens is 1. The van der Waals surface area contributed by atoms with E-state index in [-0.39, 0.29) is 41.0 Å². The van der Waals surface area contributed by atoms with Crippen molar-refractivity contribution in [2.24, 2.45) is 7.05 Å². The molecule has 0 aliphatic rings. The molecule has 0 spiro atoms. The molecule has 4 N–H and O–H groups in total. The number of anilines is 1. The van der Waals surface area contributed by atoms with E-state index in [1.165, 1.54) is 17.8 Å². The molecule has 0 saturated carbocycles. The molecule has 0 radical (unpaired) electrons. The van der Waals surface area contributed by atoms with Gasteiger partial charge in [0.1, 0.15) is 5.75 Å². The number of carboxylic acids is 1. The second-order valence-corrected chi connectivity index (χ2v) is 8.27. The Bertz CT molecular complexity index is 1300. The molecular formula is C23H22Cl2N3NaO5. The SMILES string of the molecule is Cc1cn(C)c(=O)c(NC(=O)NC(CC(=O)O)c2cccc(-c3ccc(Cl)c(Cl)c3)c2)c1O.[NaH]. The summed E-state index contributed by atoms with van der Waals surface area (Å²) < 4.78 is 1.22. The first-order chi connectivity index (χ1) is 15.6. The van der Waals surface area contributed by atoms with E-state index in [0.29, 0.717) is 21.2 Å². The normalized spacial score (nSPS) is 11.3. The van der Waals surface area contributed by atoms with Crippen molar-refractivity contribution in [2.75, 3.05) is 5.32 Å². The molecule has 1 unspecified atom stereocenters. The van der Waals surface area contributed by atoms with Gasteiger partial charge in [0.05, 0.1) is 22.5 Å². The summed E-state index contributed by atoms with van der Waals surface area (Å²) >= 11 is 12.1. The summed E-state index contributed by atoms with van der Waals surface area (Å²) in [4.78, 5) is 36.4. The van der Waals surface area contributed by atoms with Gasteiger partial charge in [0.15, 0.2) is 5.69 Å². The molecule has 1 aromatic heterocycles. The Hall–Kier alpha value is -2.49. The maximum atomic E-state index is 12.6. The summed E-state index contributed by atoms with van der Waals surface area (Å²) in [6.45, 7) is 1.58. The van der Waals surface area contributed by atoms with Crippen LogP contribution in [-0.2, 0) is 11.8 Å². The average Bonchev–Trinajstić information content (AvgIpc) is 2.76. The Morgan fingerprint density at radius 2 is 1.76 bits per heavy atom. The Labute approximate surface area is 227 Å². The number of hydrogen-bond donors (Lipinski definition) is 4. The van der Waals surface area contributed by atoms with E-state index in [0.717, 1.165) is 11.1 Å². The molecular weight excluding hydrogens is 492 g/mol. The minimum atomic E-state index is -1.13. The first-order valence-electron chi connectivity index (χ1n) is 9.80. The van der Waals surface area contributed by atoms with Crippen molar-refractivity contribution in [3.63, 3.8) is 0 Å². The molecule has 0 bridgehead atoms. The van der Waals surface area contributed by atoms with Crippen LogP contribution in [0.5, 0.6) is 5.75 Å². The van der Waals surface area contributed by atoms with Crippen molar-refractivity contribution in [1.29, 1.82) is 0 Å². The number of aryl methyl sites for hydroxylation is 2. The number of nitrogens with one attached hydrogen (secondary N) is 2. The third-order valence-corrected chi connectivity index (χ3v) is 5.74. The van der Waals surface area contributed by atoms with Gasteiger partial charge in [-0.15, -0.1) is 0 Å². The molecule has 0 aliphatic heterocycles. The molecule has 0 aliphatic carbocycles. The van der Waals surface area contributed by atoms with Crippen LogP contribution in [0, 0.1) is 6.92 Å². The van der Waals surface area contributed by atoms with Gasteiger partial charge in [-0.25, -0.2) is 4.79 Å². The number of urea groups is 1. The zero-order valence-electron chi connectivity index (χ0n) is 17.7. The predicted molar refractivity (Wildman–Crippen MR) is 134 cm³/mol. The van der Waals surface area contributed by atoms with Crippen LogP contribution < -0.4 is 16.2 Å².